The van der Waals surface area contributed by atoms with Crippen LogP contribution in [0.5, 0.6) is 5.75 Å². The van der Waals surface area contributed by atoms with Crippen LogP contribution < -0.4 is 10.1 Å². The molecule has 0 spiro atoms. The highest BCUT2D eigenvalue weighted by molar-refractivity contribution is 7.89. The van der Waals surface area contributed by atoms with Crippen LogP contribution in [0.3, 0.4) is 0 Å². The van der Waals surface area contributed by atoms with Crippen LogP contribution in [0.25, 0.3) is 0 Å². The van der Waals surface area contributed by atoms with Crippen LogP contribution in [0.1, 0.15) is 28.4 Å². The molecule has 0 saturated carbocycles. The number of nitrogens with zero attached hydrogens (tertiary/aromatic N) is 1. The molecule has 3 aromatic rings. The highest BCUT2D eigenvalue weighted by atomic mass is 32.2. The number of benzene rings is 3. The maximum atomic E-state index is 12.9. The van der Waals surface area contributed by atoms with E-state index in [1.165, 1.54) is 4.31 Å². The van der Waals surface area contributed by atoms with Crippen LogP contribution in [0, 0.1) is 0 Å². The Balaban J connectivity index is 1.62. The second-order valence-electron chi connectivity index (χ2n) is 6.97. The molecule has 162 valence electrons. The highest BCUT2D eigenvalue weighted by Crippen LogP contribution is 2.18. The topological polar surface area (TPSA) is 75.7 Å². The number of hydrogen-bond acceptors (Lipinski definition) is 4. The van der Waals surface area contributed by atoms with E-state index >= 15 is 0 Å². The Labute approximate surface area is 183 Å². The van der Waals surface area contributed by atoms with Crippen molar-refractivity contribution < 1.29 is 17.9 Å². The molecule has 0 bridgehead atoms. The highest BCUT2D eigenvalue weighted by Gasteiger charge is 2.22. The molecule has 3 aromatic carbocycles. The van der Waals surface area contributed by atoms with Gasteiger partial charge in [0.2, 0.25) is 10.0 Å². The first-order valence-electron chi connectivity index (χ1n) is 9.99. The standard InChI is InChI=1S/C24H26N2O4S/c1-3-26(31(28,29)23-7-5-4-6-8-23)18-20-9-13-21(14-10-20)24(27)25-17-19-11-15-22(30-2)16-12-19/h4-16H,3,17-18H2,1-2H3,(H,25,27). The molecule has 0 heterocycles. The lowest BCUT2D eigenvalue weighted by molar-refractivity contribution is 0.0951. The predicted molar refractivity (Wildman–Crippen MR) is 120 cm³/mol. The zero-order valence-corrected chi connectivity index (χ0v) is 18.4. The Bertz CT molecular complexity index is 1100. The summed E-state index contributed by atoms with van der Waals surface area (Å²) in [4.78, 5) is 12.7. The lowest BCUT2D eigenvalue weighted by atomic mass is 10.1. The fourth-order valence-electron chi connectivity index (χ4n) is 3.10. The molecular weight excluding hydrogens is 412 g/mol. The molecule has 1 amide bonds. The minimum absolute atomic E-state index is 0.188. The van der Waals surface area contributed by atoms with Crippen molar-refractivity contribution in [2.45, 2.75) is 24.9 Å². The smallest absolute Gasteiger partial charge is 0.251 e. The summed E-state index contributed by atoms with van der Waals surface area (Å²) in [6, 6.07) is 22.9. The minimum atomic E-state index is -3.58. The summed E-state index contributed by atoms with van der Waals surface area (Å²) < 4.78 is 32.3. The first-order valence-corrected chi connectivity index (χ1v) is 11.4. The molecule has 0 saturated heterocycles. The Hall–Kier alpha value is -3.16. The molecule has 7 heteroatoms. The van der Waals surface area contributed by atoms with E-state index < -0.39 is 10.0 Å². The Kier molecular flexibility index (Phi) is 7.44. The van der Waals surface area contributed by atoms with E-state index in [0.717, 1.165) is 16.9 Å². The SMILES string of the molecule is CCN(Cc1ccc(C(=O)NCc2ccc(OC)cc2)cc1)S(=O)(=O)c1ccccc1. The molecule has 0 unspecified atom stereocenters. The van der Waals surface area contributed by atoms with Gasteiger partial charge in [-0.15, -0.1) is 0 Å². The quantitative estimate of drug-likeness (QED) is 0.551. The Morgan fingerprint density at radius 2 is 1.52 bits per heavy atom. The van der Waals surface area contributed by atoms with Crippen LogP contribution in [0.4, 0.5) is 0 Å². The van der Waals surface area contributed by atoms with E-state index in [0.29, 0.717) is 18.7 Å². The molecule has 0 aliphatic carbocycles. The molecule has 3 rings (SSSR count). The van der Waals surface area contributed by atoms with Gasteiger partial charge in [0.15, 0.2) is 0 Å². The number of nitrogens with one attached hydrogen (secondary N) is 1. The molecule has 0 atom stereocenters. The van der Waals surface area contributed by atoms with Gasteiger partial charge in [-0.2, -0.15) is 4.31 Å². The molecule has 1 N–H and O–H groups in total. The molecule has 0 aromatic heterocycles. The second kappa shape index (κ2) is 10.2. The van der Waals surface area contributed by atoms with E-state index in [1.54, 1.807) is 61.7 Å². The van der Waals surface area contributed by atoms with Crippen LogP contribution in [0.2, 0.25) is 0 Å². The van der Waals surface area contributed by atoms with Crippen LogP contribution in [0.15, 0.2) is 83.8 Å². The molecule has 0 aliphatic heterocycles. The van der Waals surface area contributed by atoms with Crippen molar-refractivity contribution in [2.24, 2.45) is 0 Å². The number of sulfonamides is 1. The van der Waals surface area contributed by atoms with Gasteiger partial charge >= 0.3 is 0 Å². The van der Waals surface area contributed by atoms with Crippen LogP contribution in [-0.2, 0) is 23.1 Å². The van der Waals surface area contributed by atoms with Gasteiger partial charge in [0.1, 0.15) is 5.75 Å². The Morgan fingerprint density at radius 3 is 2.10 bits per heavy atom. The molecule has 0 radical (unpaired) electrons. The second-order valence-corrected chi connectivity index (χ2v) is 8.91. The van der Waals surface area contributed by atoms with Crippen molar-refractivity contribution >= 4 is 15.9 Å². The van der Waals surface area contributed by atoms with Crippen molar-refractivity contribution in [3.8, 4) is 5.75 Å². The van der Waals surface area contributed by atoms with E-state index in [9.17, 15) is 13.2 Å². The number of amides is 1. The number of ether oxygens (including phenoxy) is 1. The van der Waals surface area contributed by atoms with E-state index in [4.69, 9.17) is 4.74 Å². The third kappa shape index (κ3) is 5.71. The maximum absolute atomic E-state index is 12.9. The molecule has 6 nitrogen and oxygen atoms in total. The molecule has 31 heavy (non-hydrogen) atoms. The van der Waals surface area contributed by atoms with Gasteiger partial charge in [0.25, 0.3) is 5.91 Å². The monoisotopic (exact) mass is 438 g/mol. The van der Waals surface area contributed by atoms with Gasteiger partial charge < -0.3 is 10.1 Å². The van der Waals surface area contributed by atoms with Crippen LogP contribution in [-0.4, -0.2) is 32.3 Å². The van der Waals surface area contributed by atoms with Gasteiger partial charge in [0.05, 0.1) is 12.0 Å². The average Bonchev–Trinajstić information content (AvgIpc) is 2.82. The number of rotatable bonds is 9. The Morgan fingerprint density at radius 1 is 0.903 bits per heavy atom. The first kappa shape index (κ1) is 22.5. The lowest BCUT2D eigenvalue weighted by Crippen LogP contribution is -2.30. The van der Waals surface area contributed by atoms with Crippen molar-refractivity contribution in [1.29, 1.82) is 0 Å². The third-order valence-electron chi connectivity index (χ3n) is 4.92. The molecular formula is C24H26N2O4S. The molecule has 0 aliphatic rings. The summed E-state index contributed by atoms with van der Waals surface area (Å²) in [6.07, 6.45) is 0. The number of hydrogen-bond donors (Lipinski definition) is 1. The summed E-state index contributed by atoms with van der Waals surface area (Å²) in [5.41, 5.74) is 2.30. The summed E-state index contributed by atoms with van der Waals surface area (Å²) >= 11 is 0. The van der Waals surface area contributed by atoms with Crippen LogP contribution >= 0.6 is 0 Å². The normalized spacial score (nSPS) is 11.3. The van der Waals surface area contributed by atoms with Gasteiger partial charge in [-0.1, -0.05) is 49.4 Å². The van der Waals surface area contributed by atoms with Crippen molar-refractivity contribution in [2.75, 3.05) is 13.7 Å². The number of carbonyl (C=O) groups is 1. The summed E-state index contributed by atoms with van der Waals surface area (Å²) in [5, 5.41) is 2.88. The fraction of sp³-hybridized carbons (Fsp3) is 0.208. The van der Waals surface area contributed by atoms with Gasteiger partial charge in [-0.25, -0.2) is 8.42 Å². The molecule has 0 fully saturated rings. The van der Waals surface area contributed by atoms with Crippen molar-refractivity contribution in [1.82, 2.24) is 9.62 Å². The maximum Gasteiger partial charge on any atom is 0.251 e. The van der Waals surface area contributed by atoms with Crippen molar-refractivity contribution in [3.05, 3.63) is 95.6 Å². The summed E-state index contributed by atoms with van der Waals surface area (Å²) in [7, 11) is -1.97. The third-order valence-corrected chi connectivity index (χ3v) is 6.86. The van der Waals surface area contributed by atoms with Gasteiger partial charge in [-0.3, -0.25) is 4.79 Å². The van der Waals surface area contributed by atoms with E-state index in [-0.39, 0.29) is 17.3 Å². The summed E-state index contributed by atoms with van der Waals surface area (Å²) in [5.74, 6) is 0.577. The largest absolute Gasteiger partial charge is 0.497 e. The zero-order chi connectivity index (χ0) is 22.3. The van der Waals surface area contributed by atoms with Crippen molar-refractivity contribution in [3.63, 3.8) is 0 Å². The average molecular weight is 439 g/mol. The van der Waals surface area contributed by atoms with E-state index in [1.807, 2.05) is 31.2 Å². The summed E-state index contributed by atoms with van der Waals surface area (Å²) in [6.45, 7) is 2.80. The number of methoxy groups -OCH3 is 1. The number of carbonyl (C=O) groups excluding carboxylic acids is 1. The van der Waals surface area contributed by atoms with E-state index in [2.05, 4.69) is 5.32 Å². The fourth-order valence-corrected chi connectivity index (χ4v) is 4.56. The first-order chi connectivity index (χ1) is 14.9. The van der Waals surface area contributed by atoms with Gasteiger partial charge in [-0.05, 0) is 47.5 Å². The lowest BCUT2D eigenvalue weighted by Gasteiger charge is -2.20. The minimum Gasteiger partial charge on any atom is -0.497 e. The zero-order valence-electron chi connectivity index (χ0n) is 17.6. The predicted octanol–water partition coefficient (Wildman–Crippen LogP) is 3.84. The van der Waals surface area contributed by atoms with Gasteiger partial charge in [0, 0.05) is 25.2 Å².